The Balaban J connectivity index is 1.91. The van der Waals surface area contributed by atoms with Gasteiger partial charge in [0.2, 0.25) is 0 Å². The van der Waals surface area contributed by atoms with E-state index in [1.165, 1.54) is 22.3 Å². The fourth-order valence-electron chi connectivity index (χ4n) is 2.89. The second-order valence-electron chi connectivity index (χ2n) is 5.32. The van der Waals surface area contributed by atoms with Crippen molar-refractivity contribution >= 4 is 0 Å². The molecule has 1 aliphatic rings. The molecule has 0 aromatic heterocycles. The van der Waals surface area contributed by atoms with E-state index in [1.807, 2.05) is 24.3 Å². The van der Waals surface area contributed by atoms with Gasteiger partial charge < -0.3 is 15.5 Å². The van der Waals surface area contributed by atoms with Crippen LogP contribution in [0.3, 0.4) is 0 Å². The summed E-state index contributed by atoms with van der Waals surface area (Å²) in [6.07, 6.45) is -0.743. The molecule has 0 saturated carbocycles. The number of aliphatic hydroxyl groups is 2. The van der Waals surface area contributed by atoms with Gasteiger partial charge in [0, 0.05) is 6.54 Å². The molecule has 104 valence electrons. The van der Waals surface area contributed by atoms with Crippen molar-refractivity contribution in [2.24, 2.45) is 0 Å². The SMILES string of the molecule is CNCC(O)C(O)c1ccc2c(c1)Cc1ccccc1-2. The van der Waals surface area contributed by atoms with Crippen molar-refractivity contribution in [3.8, 4) is 11.1 Å². The van der Waals surface area contributed by atoms with Crippen LogP contribution in [-0.2, 0) is 6.42 Å². The summed E-state index contributed by atoms with van der Waals surface area (Å²) in [7, 11) is 1.76. The van der Waals surface area contributed by atoms with Gasteiger partial charge in [-0.05, 0) is 41.3 Å². The van der Waals surface area contributed by atoms with Crippen LogP contribution in [-0.4, -0.2) is 29.9 Å². The molecule has 0 radical (unpaired) electrons. The van der Waals surface area contributed by atoms with Crippen LogP contribution in [0.5, 0.6) is 0 Å². The summed E-state index contributed by atoms with van der Waals surface area (Å²) in [5.41, 5.74) is 5.84. The molecule has 0 bridgehead atoms. The Bertz CT molecular complexity index is 624. The van der Waals surface area contributed by atoms with E-state index in [0.29, 0.717) is 6.54 Å². The Kier molecular flexibility index (Phi) is 3.57. The number of fused-ring (bicyclic) bond motifs is 3. The second-order valence-corrected chi connectivity index (χ2v) is 5.32. The van der Waals surface area contributed by atoms with Gasteiger partial charge >= 0.3 is 0 Å². The van der Waals surface area contributed by atoms with E-state index in [4.69, 9.17) is 0 Å². The predicted octanol–water partition coefficient (Wildman–Crippen LogP) is 1.87. The van der Waals surface area contributed by atoms with Gasteiger partial charge in [0.25, 0.3) is 0 Å². The summed E-state index contributed by atoms with van der Waals surface area (Å²) >= 11 is 0. The van der Waals surface area contributed by atoms with E-state index >= 15 is 0 Å². The van der Waals surface area contributed by atoms with Crippen LogP contribution in [0.4, 0.5) is 0 Å². The van der Waals surface area contributed by atoms with Gasteiger partial charge in [-0.25, -0.2) is 0 Å². The maximum absolute atomic E-state index is 10.2. The molecule has 0 heterocycles. The molecule has 20 heavy (non-hydrogen) atoms. The molecule has 0 spiro atoms. The molecule has 3 N–H and O–H groups in total. The maximum atomic E-state index is 10.2. The van der Waals surface area contributed by atoms with Gasteiger partial charge in [-0.1, -0.05) is 42.5 Å². The number of hydrogen-bond donors (Lipinski definition) is 3. The molecule has 2 aromatic rings. The zero-order chi connectivity index (χ0) is 14.1. The molecule has 2 atom stereocenters. The predicted molar refractivity (Wildman–Crippen MR) is 79.6 cm³/mol. The molecule has 2 unspecified atom stereocenters. The van der Waals surface area contributed by atoms with Crippen LogP contribution in [0.1, 0.15) is 22.8 Å². The Morgan fingerprint density at radius 2 is 1.80 bits per heavy atom. The first kappa shape index (κ1) is 13.3. The molecule has 2 aromatic carbocycles. The van der Waals surface area contributed by atoms with Crippen molar-refractivity contribution in [2.75, 3.05) is 13.6 Å². The zero-order valence-corrected chi connectivity index (χ0v) is 11.5. The highest BCUT2D eigenvalue weighted by Crippen LogP contribution is 2.37. The second kappa shape index (κ2) is 5.37. The normalized spacial score (nSPS) is 15.6. The van der Waals surface area contributed by atoms with E-state index in [0.717, 1.165) is 12.0 Å². The summed E-state index contributed by atoms with van der Waals surface area (Å²) in [6.45, 7) is 0.373. The average molecular weight is 269 g/mol. The maximum Gasteiger partial charge on any atom is 0.106 e. The van der Waals surface area contributed by atoms with Crippen molar-refractivity contribution < 1.29 is 10.2 Å². The highest BCUT2D eigenvalue weighted by Gasteiger charge is 2.22. The van der Waals surface area contributed by atoms with E-state index in [9.17, 15) is 10.2 Å². The van der Waals surface area contributed by atoms with Gasteiger partial charge in [0.1, 0.15) is 6.10 Å². The van der Waals surface area contributed by atoms with Crippen molar-refractivity contribution in [2.45, 2.75) is 18.6 Å². The van der Waals surface area contributed by atoms with Crippen LogP contribution in [0, 0.1) is 0 Å². The fourth-order valence-corrected chi connectivity index (χ4v) is 2.89. The van der Waals surface area contributed by atoms with Crippen LogP contribution in [0.15, 0.2) is 42.5 Å². The minimum absolute atomic E-state index is 0.373. The summed E-state index contributed by atoms with van der Waals surface area (Å²) in [4.78, 5) is 0. The molecular weight excluding hydrogens is 250 g/mol. The van der Waals surface area contributed by atoms with Crippen molar-refractivity contribution in [1.29, 1.82) is 0 Å². The van der Waals surface area contributed by atoms with Gasteiger partial charge in [-0.15, -0.1) is 0 Å². The van der Waals surface area contributed by atoms with Crippen LogP contribution < -0.4 is 5.32 Å². The number of nitrogens with one attached hydrogen (secondary N) is 1. The lowest BCUT2D eigenvalue weighted by molar-refractivity contribution is 0.0202. The first-order chi connectivity index (χ1) is 9.70. The van der Waals surface area contributed by atoms with Crippen molar-refractivity contribution in [1.82, 2.24) is 5.32 Å². The minimum Gasteiger partial charge on any atom is -0.389 e. The summed E-state index contributed by atoms with van der Waals surface area (Å²) in [5, 5.41) is 22.9. The Labute approximate surface area is 118 Å². The van der Waals surface area contributed by atoms with E-state index in [1.54, 1.807) is 7.05 Å². The number of aliphatic hydroxyl groups excluding tert-OH is 2. The number of hydrogen-bond acceptors (Lipinski definition) is 3. The van der Waals surface area contributed by atoms with E-state index in [-0.39, 0.29) is 0 Å². The zero-order valence-electron chi connectivity index (χ0n) is 11.5. The smallest absolute Gasteiger partial charge is 0.106 e. The minimum atomic E-state index is -0.850. The number of benzene rings is 2. The Morgan fingerprint density at radius 1 is 1.05 bits per heavy atom. The monoisotopic (exact) mass is 269 g/mol. The molecule has 0 saturated heterocycles. The third kappa shape index (κ3) is 2.24. The topological polar surface area (TPSA) is 52.5 Å². The first-order valence-corrected chi connectivity index (χ1v) is 6.92. The lowest BCUT2D eigenvalue weighted by Crippen LogP contribution is -2.29. The van der Waals surface area contributed by atoms with Crippen LogP contribution in [0.2, 0.25) is 0 Å². The molecule has 3 heteroatoms. The molecule has 1 aliphatic carbocycles. The third-order valence-electron chi connectivity index (χ3n) is 3.94. The largest absolute Gasteiger partial charge is 0.389 e. The molecule has 3 rings (SSSR count). The van der Waals surface area contributed by atoms with Gasteiger partial charge in [-0.2, -0.15) is 0 Å². The van der Waals surface area contributed by atoms with Gasteiger partial charge in [0.15, 0.2) is 0 Å². The number of likely N-dealkylation sites (N-methyl/N-ethyl adjacent to an activating group) is 1. The Hall–Kier alpha value is -1.68. The summed E-state index contributed by atoms with van der Waals surface area (Å²) < 4.78 is 0. The summed E-state index contributed by atoms with van der Waals surface area (Å²) in [6, 6.07) is 14.3. The lowest BCUT2D eigenvalue weighted by Gasteiger charge is -2.18. The number of rotatable bonds is 4. The van der Waals surface area contributed by atoms with Crippen molar-refractivity contribution in [3.63, 3.8) is 0 Å². The van der Waals surface area contributed by atoms with E-state index in [2.05, 4.69) is 23.5 Å². The average Bonchev–Trinajstić information content (AvgIpc) is 2.84. The molecule has 0 fully saturated rings. The quantitative estimate of drug-likeness (QED) is 0.678. The van der Waals surface area contributed by atoms with Crippen LogP contribution in [0.25, 0.3) is 11.1 Å². The van der Waals surface area contributed by atoms with Gasteiger partial charge in [-0.3, -0.25) is 0 Å². The molecule has 3 nitrogen and oxygen atoms in total. The molecular formula is C17H19NO2. The highest BCUT2D eigenvalue weighted by molar-refractivity contribution is 5.76. The van der Waals surface area contributed by atoms with Gasteiger partial charge in [0.05, 0.1) is 6.10 Å². The van der Waals surface area contributed by atoms with Crippen LogP contribution >= 0.6 is 0 Å². The summed E-state index contributed by atoms with van der Waals surface area (Å²) in [5.74, 6) is 0. The molecule has 0 amide bonds. The highest BCUT2D eigenvalue weighted by atomic mass is 16.3. The first-order valence-electron chi connectivity index (χ1n) is 6.92. The lowest BCUT2D eigenvalue weighted by atomic mass is 9.98. The fraction of sp³-hybridized carbons (Fsp3) is 0.294. The van der Waals surface area contributed by atoms with Crippen molar-refractivity contribution in [3.05, 3.63) is 59.2 Å². The third-order valence-corrected chi connectivity index (χ3v) is 3.94. The Morgan fingerprint density at radius 3 is 2.60 bits per heavy atom. The standard InChI is InChI=1S/C17H19NO2/c1-18-10-16(19)17(20)12-6-7-15-13(9-12)8-11-4-2-3-5-14(11)15/h2-7,9,16-20H,8,10H2,1H3. The van der Waals surface area contributed by atoms with E-state index < -0.39 is 12.2 Å². The molecule has 0 aliphatic heterocycles.